The second-order valence-electron chi connectivity index (χ2n) is 2.93. The Hall–Kier alpha value is -0.900. The van der Waals surface area contributed by atoms with E-state index >= 15 is 0 Å². The summed E-state index contributed by atoms with van der Waals surface area (Å²) in [6.45, 7) is 1.97. The van der Waals surface area contributed by atoms with Crippen LogP contribution in [0.5, 0.6) is 0 Å². The van der Waals surface area contributed by atoms with Gasteiger partial charge in [-0.3, -0.25) is 9.59 Å². The van der Waals surface area contributed by atoms with Crippen molar-refractivity contribution in [3.05, 3.63) is 0 Å². The van der Waals surface area contributed by atoms with E-state index in [1.165, 1.54) is 4.90 Å². The van der Waals surface area contributed by atoms with Gasteiger partial charge < -0.3 is 9.64 Å². The Bertz CT molecular complexity index is 226. The van der Waals surface area contributed by atoms with Gasteiger partial charge in [0, 0.05) is 0 Å². The summed E-state index contributed by atoms with van der Waals surface area (Å²) >= 11 is 0. The van der Waals surface area contributed by atoms with E-state index in [9.17, 15) is 9.59 Å². The smallest absolute Gasteiger partial charge is 0.229 e. The van der Waals surface area contributed by atoms with Gasteiger partial charge in [-0.1, -0.05) is 0 Å². The maximum Gasteiger partial charge on any atom is 0.229 e. The molecule has 0 bridgehead atoms. The first-order chi connectivity index (χ1) is 5.18. The van der Waals surface area contributed by atoms with Crippen LogP contribution in [-0.4, -0.2) is 35.5 Å². The summed E-state index contributed by atoms with van der Waals surface area (Å²) in [6, 6.07) is 0. The number of Topliss-reactive ketones (excluding diaryl/α,β-unsaturated/α-hetero) is 1. The zero-order valence-corrected chi connectivity index (χ0v) is 6.24. The number of ether oxygens (including phenoxy) is 1. The van der Waals surface area contributed by atoms with Gasteiger partial charge in [0.15, 0.2) is 5.78 Å². The molecule has 0 aliphatic carbocycles. The lowest BCUT2D eigenvalue weighted by atomic mass is 10.1. The topological polar surface area (TPSA) is 46.6 Å². The van der Waals surface area contributed by atoms with Crippen LogP contribution in [0.15, 0.2) is 0 Å². The average molecular weight is 155 g/mol. The summed E-state index contributed by atoms with van der Waals surface area (Å²) in [5.41, 5.74) is 0. The number of hydrogen-bond acceptors (Lipinski definition) is 3. The molecule has 2 rings (SSSR count). The lowest BCUT2D eigenvalue weighted by molar-refractivity contribution is -0.199. The van der Waals surface area contributed by atoms with Gasteiger partial charge in [0.25, 0.3) is 0 Å². The molecule has 2 aliphatic heterocycles. The lowest BCUT2D eigenvalue weighted by Crippen LogP contribution is -2.61. The third-order valence-electron chi connectivity index (χ3n) is 2.16. The summed E-state index contributed by atoms with van der Waals surface area (Å²) < 4.78 is 5.22. The molecule has 2 fully saturated rings. The molecule has 0 aromatic carbocycles. The van der Waals surface area contributed by atoms with Crippen LogP contribution in [-0.2, 0) is 14.3 Å². The maximum atomic E-state index is 11.0. The van der Waals surface area contributed by atoms with Gasteiger partial charge in [0.2, 0.25) is 5.91 Å². The highest BCUT2D eigenvalue weighted by Gasteiger charge is 2.43. The Morgan fingerprint density at radius 3 is 2.91 bits per heavy atom. The lowest BCUT2D eigenvalue weighted by Gasteiger charge is -2.44. The van der Waals surface area contributed by atoms with Gasteiger partial charge in [0.1, 0.15) is 12.3 Å². The van der Waals surface area contributed by atoms with Crippen molar-refractivity contribution in [2.45, 2.75) is 25.7 Å². The van der Waals surface area contributed by atoms with Crippen LogP contribution in [0.2, 0.25) is 0 Å². The van der Waals surface area contributed by atoms with E-state index in [-0.39, 0.29) is 30.6 Å². The molecule has 4 heteroatoms. The minimum Gasteiger partial charge on any atom is -0.347 e. The minimum absolute atomic E-state index is 0.00528. The number of β-lactam (4-membered cyclic amide) rings is 1. The summed E-state index contributed by atoms with van der Waals surface area (Å²) in [5.74, 6) is 0.0181. The summed E-state index contributed by atoms with van der Waals surface area (Å²) in [4.78, 5) is 23.3. The Morgan fingerprint density at radius 2 is 2.27 bits per heavy atom. The quantitative estimate of drug-likeness (QED) is 0.444. The zero-order valence-electron chi connectivity index (χ0n) is 6.24. The van der Waals surface area contributed by atoms with Crippen molar-refractivity contribution in [3.63, 3.8) is 0 Å². The van der Waals surface area contributed by atoms with Crippen molar-refractivity contribution < 1.29 is 14.3 Å². The number of nitrogens with zero attached hydrogens (tertiary/aromatic N) is 1. The van der Waals surface area contributed by atoms with E-state index in [0.717, 1.165) is 0 Å². The van der Waals surface area contributed by atoms with Crippen LogP contribution in [0.4, 0.5) is 0 Å². The molecule has 4 nitrogen and oxygen atoms in total. The first-order valence-electron chi connectivity index (χ1n) is 3.66. The monoisotopic (exact) mass is 155 g/mol. The zero-order chi connectivity index (χ0) is 8.01. The van der Waals surface area contributed by atoms with Crippen LogP contribution in [0.3, 0.4) is 0 Å². The Kier molecular flexibility index (Phi) is 1.26. The van der Waals surface area contributed by atoms with Gasteiger partial charge in [-0.05, 0) is 6.92 Å². The number of carbonyl (C=O) groups is 2. The van der Waals surface area contributed by atoms with Gasteiger partial charge in [-0.15, -0.1) is 0 Å². The van der Waals surface area contributed by atoms with Crippen LogP contribution in [0, 0.1) is 0 Å². The summed E-state index contributed by atoms with van der Waals surface area (Å²) in [7, 11) is 0. The second-order valence-corrected chi connectivity index (χ2v) is 2.93. The molecule has 0 unspecified atom stereocenters. The molecular weight excluding hydrogens is 146 g/mol. The fourth-order valence-corrected chi connectivity index (χ4v) is 1.34. The number of carbonyl (C=O) groups excluding carboxylic acids is 2. The molecule has 0 saturated carbocycles. The number of hydrogen-bond donors (Lipinski definition) is 0. The standard InChI is InChI=1S/C7H9NO3/c1-4-5(9)3-8-6(10)2-7(8)11-4/h4,7H,2-3H2,1H3/t4-,7-/m0/s1. The SMILES string of the molecule is C[C@@H]1O[C@H]2CC(=O)N2CC1=O. The molecule has 0 aromatic rings. The van der Waals surface area contributed by atoms with Crippen LogP contribution < -0.4 is 0 Å². The van der Waals surface area contributed by atoms with Crippen molar-refractivity contribution in [2.24, 2.45) is 0 Å². The number of rotatable bonds is 0. The fraction of sp³-hybridized carbons (Fsp3) is 0.714. The third kappa shape index (κ3) is 0.860. The molecule has 2 heterocycles. The number of ketones is 1. The number of amides is 1. The van der Waals surface area contributed by atoms with Crippen LogP contribution in [0.1, 0.15) is 13.3 Å². The van der Waals surface area contributed by atoms with Gasteiger partial charge >= 0.3 is 0 Å². The summed E-state index contributed by atoms with van der Waals surface area (Å²) in [5, 5.41) is 0. The third-order valence-corrected chi connectivity index (χ3v) is 2.16. The van der Waals surface area contributed by atoms with Crippen molar-refractivity contribution in [1.82, 2.24) is 4.90 Å². The molecule has 2 atom stereocenters. The Balaban J connectivity index is 2.09. The number of fused-ring (bicyclic) bond motifs is 1. The average Bonchev–Trinajstić information content (AvgIpc) is 1.97. The highest BCUT2D eigenvalue weighted by Crippen LogP contribution is 2.25. The molecule has 11 heavy (non-hydrogen) atoms. The van der Waals surface area contributed by atoms with Crippen molar-refractivity contribution in [1.29, 1.82) is 0 Å². The van der Waals surface area contributed by atoms with E-state index in [1.54, 1.807) is 6.92 Å². The van der Waals surface area contributed by atoms with Crippen LogP contribution in [0.25, 0.3) is 0 Å². The Morgan fingerprint density at radius 1 is 1.55 bits per heavy atom. The molecule has 2 aliphatic rings. The first kappa shape index (κ1) is 6.79. The van der Waals surface area contributed by atoms with E-state index in [2.05, 4.69) is 0 Å². The maximum absolute atomic E-state index is 11.0. The summed E-state index contributed by atoms with van der Waals surface area (Å²) in [6.07, 6.45) is -0.00278. The highest BCUT2D eigenvalue weighted by atomic mass is 16.5. The predicted octanol–water partition coefficient (Wildman–Crippen LogP) is -0.467. The molecule has 0 radical (unpaired) electrons. The Labute approximate surface area is 64.1 Å². The molecule has 60 valence electrons. The first-order valence-corrected chi connectivity index (χ1v) is 3.66. The molecule has 1 amide bonds. The van der Waals surface area contributed by atoms with E-state index in [4.69, 9.17) is 4.74 Å². The largest absolute Gasteiger partial charge is 0.347 e. The van der Waals surface area contributed by atoms with Crippen LogP contribution >= 0.6 is 0 Å². The molecular formula is C7H9NO3. The molecule has 0 aromatic heterocycles. The molecule has 0 spiro atoms. The van der Waals surface area contributed by atoms with Gasteiger partial charge in [-0.2, -0.15) is 0 Å². The predicted molar refractivity (Wildman–Crippen MR) is 35.7 cm³/mol. The van der Waals surface area contributed by atoms with Gasteiger partial charge in [-0.25, -0.2) is 0 Å². The van der Waals surface area contributed by atoms with E-state index in [1.807, 2.05) is 0 Å². The van der Waals surface area contributed by atoms with E-state index < -0.39 is 0 Å². The highest BCUT2D eigenvalue weighted by molar-refractivity contribution is 5.92. The molecule has 0 N–H and O–H groups in total. The van der Waals surface area contributed by atoms with Crippen molar-refractivity contribution >= 4 is 11.7 Å². The van der Waals surface area contributed by atoms with Gasteiger partial charge in [0.05, 0.1) is 13.0 Å². The fourth-order valence-electron chi connectivity index (χ4n) is 1.34. The molecule has 2 saturated heterocycles. The minimum atomic E-state index is -0.329. The van der Waals surface area contributed by atoms with E-state index in [0.29, 0.717) is 6.42 Å². The van der Waals surface area contributed by atoms with Crippen molar-refractivity contribution in [2.75, 3.05) is 6.54 Å². The normalized spacial score (nSPS) is 36.6. The second kappa shape index (κ2) is 2.04. The van der Waals surface area contributed by atoms with Crippen molar-refractivity contribution in [3.8, 4) is 0 Å².